The van der Waals surface area contributed by atoms with Crippen LogP contribution in [0, 0.1) is 6.92 Å². The maximum atomic E-state index is 12.8. The molecule has 0 aliphatic carbocycles. The van der Waals surface area contributed by atoms with Gasteiger partial charge in [0.05, 0.1) is 7.11 Å². The summed E-state index contributed by atoms with van der Waals surface area (Å²) in [7, 11) is 3.52. The van der Waals surface area contributed by atoms with Gasteiger partial charge in [-0.1, -0.05) is 29.8 Å². The first-order chi connectivity index (χ1) is 13.5. The molecular weight excluding hydrogens is 354 g/mol. The first-order valence-electron chi connectivity index (χ1n) is 9.13. The zero-order chi connectivity index (χ0) is 20.1. The normalized spacial score (nSPS) is 12.9. The van der Waals surface area contributed by atoms with E-state index < -0.39 is 12.1 Å². The van der Waals surface area contributed by atoms with Crippen LogP contribution in [0.2, 0.25) is 0 Å². The number of aromatic nitrogens is 2. The van der Waals surface area contributed by atoms with Crippen LogP contribution in [0.4, 0.5) is 0 Å². The predicted molar refractivity (Wildman–Crippen MR) is 107 cm³/mol. The third-order valence-electron chi connectivity index (χ3n) is 4.56. The number of imidazole rings is 1. The topological polar surface area (TPSA) is 65.4 Å². The molecule has 0 saturated carbocycles. The Morgan fingerprint density at radius 1 is 1.07 bits per heavy atom. The van der Waals surface area contributed by atoms with E-state index in [1.165, 1.54) is 0 Å². The Labute approximate surface area is 165 Å². The Balaban J connectivity index is 1.79. The third kappa shape index (κ3) is 4.52. The maximum absolute atomic E-state index is 12.8. The number of benzene rings is 2. The van der Waals surface area contributed by atoms with Crippen LogP contribution < -0.4 is 14.8 Å². The SMILES string of the molecule is COc1ccc([C@@H](NC(=O)[C@H](C)Oc2ccc(C)cc2)c2nccn2C)cc1. The van der Waals surface area contributed by atoms with Crippen LogP contribution in [-0.2, 0) is 11.8 Å². The van der Waals surface area contributed by atoms with Gasteiger partial charge in [-0.3, -0.25) is 4.79 Å². The minimum absolute atomic E-state index is 0.218. The van der Waals surface area contributed by atoms with Crippen molar-refractivity contribution in [2.45, 2.75) is 26.0 Å². The molecule has 0 radical (unpaired) electrons. The molecule has 1 amide bonds. The summed E-state index contributed by atoms with van der Waals surface area (Å²) in [6.07, 6.45) is 2.91. The van der Waals surface area contributed by atoms with E-state index in [-0.39, 0.29) is 5.91 Å². The summed E-state index contributed by atoms with van der Waals surface area (Å²) >= 11 is 0. The Bertz CT molecular complexity index is 917. The van der Waals surface area contributed by atoms with E-state index in [1.54, 1.807) is 20.2 Å². The molecule has 6 heteroatoms. The molecule has 3 rings (SSSR count). The number of rotatable bonds is 7. The van der Waals surface area contributed by atoms with E-state index in [1.807, 2.05) is 73.3 Å². The lowest BCUT2D eigenvalue weighted by Crippen LogP contribution is -2.39. The van der Waals surface area contributed by atoms with E-state index in [2.05, 4.69) is 10.3 Å². The van der Waals surface area contributed by atoms with E-state index in [0.29, 0.717) is 5.75 Å². The summed E-state index contributed by atoms with van der Waals surface area (Å²) < 4.78 is 12.9. The Kier molecular flexibility index (Phi) is 5.99. The first-order valence-corrected chi connectivity index (χ1v) is 9.13. The Hall–Kier alpha value is -3.28. The van der Waals surface area contributed by atoms with Gasteiger partial charge in [0, 0.05) is 19.4 Å². The second-order valence-corrected chi connectivity index (χ2v) is 6.68. The van der Waals surface area contributed by atoms with Gasteiger partial charge >= 0.3 is 0 Å². The van der Waals surface area contributed by atoms with Gasteiger partial charge < -0.3 is 19.4 Å². The standard InChI is InChI=1S/C22H25N3O3/c1-15-5-9-19(10-6-15)28-16(2)22(26)24-20(21-23-13-14-25(21)3)17-7-11-18(27-4)12-8-17/h5-14,16,20H,1-4H3,(H,24,26)/t16-,20+/m0/s1. The van der Waals surface area contributed by atoms with Crippen molar-refractivity contribution in [1.29, 1.82) is 0 Å². The highest BCUT2D eigenvalue weighted by molar-refractivity contribution is 5.81. The fourth-order valence-electron chi connectivity index (χ4n) is 2.88. The number of aryl methyl sites for hydroxylation is 2. The number of methoxy groups -OCH3 is 1. The van der Waals surface area contributed by atoms with Crippen molar-refractivity contribution < 1.29 is 14.3 Å². The highest BCUT2D eigenvalue weighted by Gasteiger charge is 2.24. The maximum Gasteiger partial charge on any atom is 0.261 e. The van der Waals surface area contributed by atoms with E-state index in [0.717, 1.165) is 22.7 Å². The van der Waals surface area contributed by atoms with E-state index in [9.17, 15) is 4.79 Å². The van der Waals surface area contributed by atoms with Gasteiger partial charge in [0.1, 0.15) is 23.4 Å². The average Bonchev–Trinajstić information content (AvgIpc) is 3.13. The van der Waals surface area contributed by atoms with Crippen molar-refractivity contribution in [3.8, 4) is 11.5 Å². The van der Waals surface area contributed by atoms with Crippen molar-refractivity contribution in [3.05, 3.63) is 77.9 Å². The zero-order valence-corrected chi connectivity index (χ0v) is 16.5. The Morgan fingerprint density at radius 2 is 1.71 bits per heavy atom. The first kappa shape index (κ1) is 19.5. The minimum Gasteiger partial charge on any atom is -0.497 e. The quantitative estimate of drug-likeness (QED) is 0.683. The van der Waals surface area contributed by atoms with E-state index >= 15 is 0 Å². The summed E-state index contributed by atoms with van der Waals surface area (Å²) in [6.45, 7) is 3.74. The van der Waals surface area contributed by atoms with Gasteiger partial charge in [0.25, 0.3) is 5.91 Å². The van der Waals surface area contributed by atoms with Gasteiger partial charge in [-0.25, -0.2) is 4.98 Å². The minimum atomic E-state index is -0.649. The largest absolute Gasteiger partial charge is 0.497 e. The lowest BCUT2D eigenvalue weighted by molar-refractivity contribution is -0.127. The molecule has 0 spiro atoms. The van der Waals surface area contributed by atoms with Gasteiger partial charge in [-0.05, 0) is 43.7 Å². The summed E-state index contributed by atoms with van der Waals surface area (Å²) in [4.78, 5) is 17.2. The number of carbonyl (C=O) groups excluding carboxylic acids is 1. The van der Waals surface area contributed by atoms with Gasteiger partial charge in [0.2, 0.25) is 0 Å². The molecule has 1 heterocycles. The molecule has 0 bridgehead atoms. The second-order valence-electron chi connectivity index (χ2n) is 6.68. The van der Waals surface area contributed by atoms with Crippen molar-refractivity contribution >= 4 is 5.91 Å². The van der Waals surface area contributed by atoms with Gasteiger partial charge in [0.15, 0.2) is 6.10 Å². The molecule has 1 N–H and O–H groups in total. The molecule has 0 fully saturated rings. The molecule has 6 nitrogen and oxygen atoms in total. The smallest absolute Gasteiger partial charge is 0.261 e. The molecule has 2 atom stereocenters. The van der Waals surface area contributed by atoms with Crippen LogP contribution in [0.1, 0.15) is 29.9 Å². The number of hydrogen-bond acceptors (Lipinski definition) is 4. The highest BCUT2D eigenvalue weighted by Crippen LogP contribution is 2.23. The molecule has 28 heavy (non-hydrogen) atoms. The van der Waals surface area contributed by atoms with E-state index in [4.69, 9.17) is 9.47 Å². The number of nitrogens with zero attached hydrogens (tertiary/aromatic N) is 2. The van der Waals surface area contributed by atoms with Gasteiger partial charge in [-0.2, -0.15) is 0 Å². The molecule has 0 aliphatic heterocycles. The number of ether oxygens (including phenoxy) is 2. The van der Waals surface area contributed by atoms with Crippen LogP contribution in [0.25, 0.3) is 0 Å². The molecule has 0 saturated heterocycles. The molecule has 0 aliphatic rings. The lowest BCUT2D eigenvalue weighted by Gasteiger charge is -2.22. The van der Waals surface area contributed by atoms with Crippen LogP contribution >= 0.6 is 0 Å². The number of nitrogens with one attached hydrogen (secondary N) is 1. The van der Waals surface area contributed by atoms with Crippen molar-refractivity contribution in [2.75, 3.05) is 7.11 Å². The highest BCUT2D eigenvalue weighted by atomic mass is 16.5. The zero-order valence-electron chi connectivity index (χ0n) is 16.5. The molecule has 146 valence electrons. The third-order valence-corrected chi connectivity index (χ3v) is 4.56. The summed E-state index contributed by atoms with van der Waals surface area (Å²) in [5.74, 6) is 1.93. The molecule has 2 aromatic carbocycles. The summed E-state index contributed by atoms with van der Waals surface area (Å²) in [6, 6.07) is 14.8. The molecule has 0 unspecified atom stereocenters. The fourth-order valence-corrected chi connectivity index (χ4v) is 2.88. The van der Waals surface area contributed by atoms with Crippen molar-refractivity contribution in [2.24, 2.45) is 7.05 Å². The van der Waals surface area contributed by atoms with Crippen molar-refractivity contribution in [1.82, 2.24) is 14.9 Å². The van der Waals surface area contributed by atoms with Crippen LogP contribution in [-0.4, -0.2) is 28.7 Å². The molecular formula is C22H25N3O3. The summed E-state index contributed by atoms with van der Waals surface area (Å²) in [5.41, 5.74) is 2.05. The van der Waals surface area contributed by atoms with Crippen LogP contribution in [0.3, 0.4) is 0 Å². The fraction of sp³-hybridized carbons (Fsp3) is 0.273. The monoisotopic (exact) mass is 379 g/mol. The number of hydrogen-bond donors (Lipinski definition) is 1. The van der Waals surface area contributed by atoms with Gasteiger partial charge in [-0.15, -0.1) is 0 Å². The summed E-state index contributed by atoms with van der Waals surface area (Å²) in [5, 5.41) is 3.06. The van der Waals surface area contributed by atoms with Crippen molar-refractivity contribution in [3.63, 3.8) is 0 Å². The number of carbonyl (C=O) groups is 1. The predicted octanol–water partition coefficient (Wildman–Crippen LogP) is 3.41. The molecule has 3 aromatic rings. The second kappa shape index (κ2) is 8.61. The lowest BCUT2D eigenvalue weighted by atomic mass is 10.1. The Morgan fingerprint density at radius 3 is 2.29 bits per heavy atom. The molecule has 1 aromatic heterocycles. The number of amides is 1. The van der Waals surface area contributed by atoms with Crippen LogP contribution in [0.15, 0.2) is 60.9 Å². The van der Waals surface area contributed by atoms with Crippen LogP contribution in [0.5, 0.6) is 11.5 Å². The average molecular weight is 379 g/mol.